The molecule has 0 saturated heterocycles. The fraction of sp³-hybridized carbons (Fsp3) is 0.526. The first-order chi connectivity index (χ1) is 11.1. The molecule has 0 aliphatic rings. The van der Waals surface area contributed by atoms with Gasteiger partial charge in [0.1, 0.15) is 5.75 Å². The minimum Gasteiger partial charge on any atom is -0.506 e. The summed E-state index contributed by atoms with van der Waals surface area (Å²) in [6.07, 6.45) is 13.7. The van der Waals surface area contributed by atoms with Gasteiger partial charge in [-0.3, -0.25) is 0 Å². The van der Waals surface area contributed by atoms with E-state index >= 15 is 0 Å². The maximum atomic E-state index is 11.8. The Bertz CT molecular complexity index is 497. The lowest BCUT2D eigenvalue weighted by molar-refractivity contribution is 0.0498. The lowest BCUT2D eigenvalue weighted by Crippen LogP contribution is -2.06. The molecule has 0 amide bonds. The number of aromatic hydroxyl groups is 1. The van der Waals surface area contributed by atoms with Crippen molar-refractivity contribution in [1.82, 2.24) is 0 Å². The molecule has 128 valence electrons. The van der Waals surface area contributed by atoms with Crippen molar-refractivity contribution < 1.29 is 14.6 Å². The fourth-order valence-corrected chi connectivity index (χ4v) is 2.21. The molecule has 0 heterocycles. The fourth-order valence-electron chi connectivity index (χ4n) is 2.21. The number of hydrogen-bond acceptors (Lipinski definition) is 4. The molecule has 0 bridgehead atoms. The average molecular weight is 319 g/mol. The molecule has 0 spiro atoms. The molecular formula is C19H29NO3. The minimum absolute atomic E-state index is 0.0940. The van der Waals surface area contributed by atoms with E-state index in [1.807, 2.05) is 0 Å². The van der Waals surface area contributed by atoms with Gasteiger partial charge in [-0.25, -0.2) is 4.79 Å². The number of phenolic OH excluding ortho intramolecular Hbond substituents is 1. The van der Waals surface area contributed by atoms with E-state index in [1.165, 1.54) is 37.8 Å². The van der Waals surface area contributed by atoms with E-state index in [0.717, 1.165) is 25.7 Å². The molecule has 1 aromatic rings. The van der Waals surface area contributed by atoms with Crippen LogP contribution in [-0.2, 0) is 4.74 Å². The number of esters is 1. The predicted molar refractivity (Wildman–Crippen MR) is 94.6 cm³/mol. The number of nitrogen functional groups attached to an aromatic ring is 1. The van der Waals surface area contributed by atoms with E-state index in [2.05, 4.69) is 19.1 Å². The Morgan fingerprint density at radius 3 is 2.48 bits per heavy atom. The second-order valence-electron chi connectivity index (χ2n) is 5.73. The second-order valence-corrected chi connectivity index (χ2v) is 5.73. The van der Waals surface area contributed by atoms with Crippen molar-refractivity contribution in [2.45, 2.75) is 58.3 Å². The van der Waals surface area contributed by atoms with Crippen LogP contribution < -0.4 is 5.73 Å². The van der Waals surface area contributed by atoms with Gasteiger partial charge in [-0.05, 0) is 50.3 Å². The van der Waals surface area contributed by atoms with Crippen molar-refractivity contribution in [2.24, 2.45) is 0 Å². The summed E-state index contributed by atoms with van der Waals surface area (Å²) in [5.41, 5.74) is 6.07. The number of allylic oxidation sites excluding steroid dienone is 2. The first-order valence-corrected chi connectivity index (χ1v) is 8.55. The summed E-state index contributed by atoms with van der Waals surface area (Å²) in [6.45, 7) is 2.62. The molecule has 0 atom stereocenters. The molecule has 1 rings (SSSR count). The first-order valence-electron chi connectivity index (χ1n) is 8.55. The lowest BCUT2D eigenvalue weighted by atomic mass is 10.1. The third-order valence-electron chi connectivity index (χ3n) is 3.66. The topological polar surface area (TPSA) is 72.5 Å². The van der Waals surface area contributed by atoms with Crippen molar-refractivity contribution in [1.29, 1.82) is 0 Å². The molecule has 23 heavy (non-hydrogen) atoms. The van der Waals surface area contributed by atoms with Crippen LogP contribution in [0.15, 0.2) is 30.4 Å². The minimum atomic E-state index is -0.424. The summed E-state index contributed by atoms with van der Waals surface area (Å²) >= 11 is 0. The van der Waals surface area contributed by atoms with E-state index in [-0.39, 0.29) is 11.4 Å². The van der Waals surface area contributed by atoms with Gasteiger partial charge < -0.3 is 15.6 Å². The molecule has 0 saturated carbocycles. The largest absolute Gasteiger partial charge is 0.506 e. The van der Waals surface area contributed by atoms with Gasteiger partial charge in [-0.1, -0.05) is 38.3 Å². The smallest absolute Gasteiger partial charge is 0.338 e. The van der Waals surface area contributed by atoms with E-state index in [1.54, 1.807) is 6.07 Å². The van der Waals surface area contributed by atoms with Gasteiger partial charge in [0.05, 0.1) is 17.9 Å². The van der Waals surface area contributed by atoms with Crippen LogP contribution in [0.2, 0.25) is 0 Å². The van der Waals surface area contributed by atoms with Crippen LogP contribution in [-0.4, -0.2) is 17.7 Å². The molecule has 4 heteroatoms. The normalized spacial score (nSPS) is 11.0. The lowest BCUT2D eigenvalue weighted by Gasteiger charge is -2.05. The summed E-state index contributed by atoms with van der Waals surface area (Å²) in [5, 5.41) is 9.47. The first kappa shape index (κ1) is 19.1. The SMILES string of the molecule is CCCCCCC=CCCCCOC(=O)c1ccc(N)c(O)c1. The molecule has 0 aliphatic heterocycles. The molecule has 0 aliphatic carbocycles. The number of unbranched alkanes of at least 4 members (excludes halogenated alkanes) is 6. The Labute approximate surface area is 139 Å². The van der Waals surface area contributed by atoms with Crippen molar-refractivity contribution in [2.75, 3.05) is 12.3 Å². The number of carbonyl (C=O) groups excluding carboxylic acids is 1. The van der Waals surface area contributed by atoms with Crippen molar-refractivity contribution >= 4 is 11.7 Å². The summed E-state index contributed by atoms with van der Waals surface area (Å²) < 4.78 is 5.18. The summed E-state index contributed by atoms with van der Waals surface area (Å²) in [7, 11) is 0. The number of phenols is 1. The third kappa shape index (κ3) is 8.29. The predicted octanol–water partition coefficient (Wildman–Crippen LogP) is 4.83. The van der Waals surface area contributed by atoms with Gasteiger partial charge in [-0.2, -0.15) is 0 Å². The molecule has 4 nitrogen and oxygen atoms in total. The monoisotopic (exact) mass is 319 g/mol. The average Bonchev–Trinajstić information content (AvgIpc) is 2.55. The van der Waals surface area contributed by atoms with Gasteiger partial charge in [0.15, 0.2) is 0 Å². The van der Waals surface area contributed by atoms with Crippen LogP contribution in [0.4, 0.5) is 5.69 Å². The molecule has 1 aromatic carbocycles. The Morgan fingerprint density at radius 1 is 1.13 bits per heavy atom. The van der Waals surface area contributed by atoms with Gasteiger partial charge in [0, 0.05) is 0 Å². The third-order valence-corrected chi connectivity index (χ3v) is 3.66. The van der Waals surface area contributed by atoms with Crippen molar-refractivity contribution in [3.8, 4) is 5.75 Å². The van der Waals surface area contributed by atoms with Crippen LogP contribution in [0.1, 0.15) is 68.6 Å². The molecule has 0 radical (unpaired) electrons. The highest BCUT2D eigenvalue weighted by atomic mass is 16.5. The van der Waals surface area contributed by atoms with E-state index < -0.39 is 5.97 Å². The number of nitrogens with two attached hydrogens (primary N) is 1. The quantitative estimate of drug-likeness (QED) is 0.201. The number of rotatable bonds is 11. The standard InChI is InChI=1S/C19H29NO3/c1-2-3-4-5-6-7-8-9-10-11-14-23-19(22)16-12-13-17(20)18(21)15-16/h7-8,12-13,15,21H,2-6,9-11,14,20H2,1H3. The molecule has 0 fully saturated rings. The van der Waals surface area contributed by atoms with Crippen LogP contribution in [0, 0.1) is 0 Å². The Hall–Kier alpha value is -1.97. The number of benzene rings is 1. The molecule has 0 unspecified atom stereocenters. The highest BCUT2D eigenvalue weighted by molar-refractivity contribution is 5.90. The maximum Gasteiger partial charge on any atom is 0.338 e. The van der Waals surface area contributed by atoms with Gasteiger partial charge in [-0.15, -0.1) is 0 Å². The zero-order valence-electron chi connectivity index (χ0n) is 14.1. The van der Waals surface area contributed by atoms with E-state index in [4.69, 9.17) is 10.5 Å². The number of anilines is 1. The van der Waals surface area contributed by atoms with Crippen molar-refractivity contribution in [3.63, 3.8) is 0 Å². The second kappa shape index (κ2) is 11.6. The van der Waals surface area contributed by atoms with E-state index in [0.29, 0.717) is 12.2 Å². The maximum absolute atomic E-state index is 11.8. The van der Waals surface area contributed by atoms with Gasteiger partial charge in [0.2, 0.25) is 0 Å². The highest BCUT2D eigenvalue weighted by Crippen LogP contribution is 2.21. The van der Waals surface area contributed by atoms with Gasteiger partial charge in [0.25, 0.3) is 0 Å². The van der Waals surface area contributed by atoms with Crippen LogP contribution in [0.3, 0.4) is 0 Å². The van der Waals surface area contributed by atoms with E-state index in [9.17, 15) is 9.90 Å². The van der Waals surface area contributed by atoms with Crippen molar-refractivity contribution in [3.05, 3.63) is 35.9 Å². The molecule has 0 aromatic heterocycles. The highest BCUT2D eigenvalue weighted by Gasteiger charge is 2.08. The molecule has 3 N–H and O–H groups in total. The number of ether oxygens (including phenoxy) is 1. The summed E-state index contributed by atoms with van der Waals surface area (Å²) in [4.78, 5) is 11.8. The molecular weight excluding hydrogens is 290 g/mol. The van der Waals surface area contributed by atoms with Crippen LogP contribution >= 0.6 is 0 Å². The summed E-state index contributed by atoms with van der Waals surface area (Å²) in [5.74, 6) is -0.518. The number of carbonyl (C=O) groups is 1. The van der Waals surface area contributed by atoms with Crippen LogP contribution in [0.5, 0.6) is 5.75 Å². The number of hydrogen-bond donors (Lipinski definition) is 2. The Kier molecular flexibility index (Phi) is 9.60. The Morgan fingerprint density at radius 2 is 1.83 bits per heavy atom. The summed E-state index contributed by atoms with van der Waals surface area (Å²) in [6, 6.07) is 4.38. The van der Waals surface area contributed by atoms with Gasteiger partial charge >= 0.3 is 5.97 Å². The zero-order chi connectivity index (χ0) is 16.9. The zero-order valence-corrected chi connectivity index (χ0v) is 14.1. The van der Waals surface area contributed by atoms with Crippen LogP contribution in [0.25, 0.3) is 0 Å². The Balaban J connectivity index is 2.07.